The van der Waals surface area contributed by atoms with E-state index in [1.54, 1.807) is 0 Å². The first kappa shape index (κ1) is 8.05. The number of hydrogen-bond donors (Lipinski definition) is 2. The summed E-state index contributed by atoms with van der Waals surface area (Å²) >= 11 is 0. The molecule has 0 amide bonds. The van der Waals surface area contributed by atoms with Gasteiger partial charge in [-0.3, -0.25) is 4.79 Å². The number of fused-ring (bicyclic) bond motifs is 3. The standard InChI is InChI=1S/C9H14O3/c10-7(11)8-1-4-9(12,5-2-8)6-3-8/h12H,1-6H2,(H,10,11). The monoisotopic (exact) mass is 170 g/mol. The quantitative estimate of drug-likeness (QED) is 0.620. The van der Waals surface area contributed by atoms with Gasteiger partial charge in [0.25, 0.3) is 0 Å². The van der Waals surface area contributed by atoms with Gasteiger partial charge >= 0.3 is 5.97 Å². The van der Waals surface area contributed by atoms with Gasteiger partial charge in [-0.05, 0) is 38.5 Å². The lowest BCUT2D eigenvalue weighted by molar-refractivity contribution is -0.165. The summed E-state index contributed by atoms with van der Waals surface area (Å²) in [4.78, 5) is 11.0. The second-order valence-corrected chi connectivity index (χ2v) is 4.31. The fourth-order valence-corrected chi connectivity index (χ4v) is 2.49. The van der Waals surface area contributed by atoms with Crippen LogP contribution in [0.25, 0.3) is 0 Å². The van der Waals surface area contributed by atoms with E-state index in [2.05, 4.69) is 0 Å². The van der Waals surface area contributed by atoms with Crippen LogP contribution in [-0.2, 0) is 4.79 Å². The zero-order valence-corrected chi connectivity index (χ0v) is 7.05. The van der Waals surface area contributed by atoms with Crippen LogP contribution in [0.4, 0.5) is 0 Å². The van der Waals surface area contributed by atoms with Crippen molar-refractivity contribution in [3.8, 4) is 0 Å². The minimum Gasteiger partial charge on any atom is -0.481 e. The lowest BCUT2D eigenvalue weighted by atomic mass is 9.59. The third-order valence-corrected chi connectivity index (χ3v) is 3.66. The second-order valence-electron chi connectivity index (χ2n) is 4.31. The van der Waals surface area contributed by atoms with Gasteiger partial charge in [0.05, 0.1) is 11.0 Å². The molecule has 3 aliphatic carbocycles. The van der Waals surface area contributed by atoms with Gasteiger partial charge in [0.1, 0.15) is 0 Å². The fraction of sp³-hybridized carbons (Fsp3) is 0.889. The summed E-state index contributed by atoms with van der Waals surface area (Å²) in [6, 6.07) is 0. The van der Waals surface area contributed by atoms with Crippen molar-refractivity contribution >= 4 is 5.97 Å². The van der Waals surface area contributed by atoms with Crippen LogP contribution in [-0.4, -0.2) is 21.8 Å². The smallest absolute Gasteiger partial charge is 0.309 e. The van der Waals surface area contributed by atoms with Crippen LogP contribution in [0.1, 0.15) is 38.5 Å². The van der Waals surface area contributed by atoms with Crippen molar-refractivity contribution in [1.29, 1.82) is 0 Å². The average Bonchev–Trinajstić information content (AvgIpc) is 2.06. The molecule has 3 rings (SSSR count). The highest BCUT2D eigenvalue weighted by molar-refractivity contribution is 5.75. The molecule has 12 heavy (non-hydrogen) atoms. The minimum absolute atomic E-state index is 0.482. The van der Waals surface area contributed by atoms with Gasteiger partial charge in [0.2, 0.25) is 0 Å². The topological polar surface area (TPSA) is 57.5 Å². The Morgan fingerprint density at radius 3 is 1.75 bits per heavy atom. The third-order valence-electron chi connectivity index (χ3n) is 3.66. The zero-order valence-electron chi connectivity index (χ0n) is 7.05. The first-order valence-corrected chi connectivity index (χ1v) is 4.52. The van der Waals surface area contributed by atoms with Gasteiger partial charge in [-0.2, -0.15) is 0 Å². The van der Waals surface area contributed by atoms with Gasteiger partial charge in [-0.15, -0.1) is 0 Å². The van der Waals surface area contributed by atoms with E-state index in [0.717, 1.165) is 0 Å². The van der Waals surface area contributed by atoms with Gasteiger partial charge in [-0.25, -0.2) is 0 Å². The van der Waals surface area contributed by atoms with E-state index in [0.29, 0.717) is 38.5 Å². The summed E-state index contributed by atoms with van der Waals surface area (Å²) < 4.78 is 0. The maximum absolute atomic E-state index is 11.0. The van der Waals surface area contributed by atoms with Crippen molar-refractivity contribution in [2.24, 2.45) is 5.41 Å². The molecule has 0 saturated heterocycles. The first-order valence-electron chi connectivity index (χ1n) is 4.52. The fourth-order valence-electron chi connectivity index (χ4n) is 2.49. The number of hydrogen-bond acceptors (Lipinski definition) is 2. The van der Waals surface area contributed by atoms with Gasteiger partial charge in [-0.1, -0.05) is 0 Å². The number of carboxylic acids is 1. The Hall–Kier alpha value is -0.570. The van der Waals surface area contributed by atoms with E-state index in [1.807, 2.05) is 0 Å². The summed E-state index contributed by atoms with van der Waals surface area (Å²) in [5, 5.41) is 18.8. The van der Waals surface area contributed by atoms with E-state index in [9.17, 15) is 9.90 Å². The van der Waals surface area contributed by atoms with Crippen LogP contribution in [0.2, 0.25) is 0 Å². The van der Waals surface area contributed by atoms with E-state index in [-0.39, 0.29) is 0 Å². The van der Waals surface area contributed by atoms with Crippen molar-refractivity contribution in [1.82, 2.24) is 0 Å². The van der Waals surface area contributed by atoms with Gasteiger partial charge in [0.15, 0.2) is 0 Å². The molecule has 0 aromatic heterocycles. The van der Waals surface area contributed by atoms with E-state index in [4.69, 9.17) is 5.11 Å². The minimum atomic E-state index is -0.663. The molecule has 0 heterocycles. The molecular formula is C9H14O3. The number of rotatable bonds is 1. The van der Waals surface area contributed by atoms with Crippen LogP contribution >= 0.6 is 0 Å². The molecule has 2 N–H and O–H groups in total. The molecule has 0 unspecified atom stereocenters. The van der Waals surface area contributed by atoms with E-state index in [1.165, 1.54) is 0 Å². The number of carbonyl (C=O) groups is 1. The van der Waals surface area contributed by atoms with Crippen molar-refractivity contribution in [3.63, 3.8) is 0 Å². The van der Waals surface area contributed by atoms with Crippen molar-refractivity contribution < 1.29 is 15.0 Å². The molecule has 2 bridgehead atoms. The lowest BCUT2D eigenvalue weighted by Crippen LogP contribution is -2.49. The van der Waals surface area contributed by atoms with Crippen molar-refractivity contribution in [2.75, 3.05) is 0 Å². The van der Waals surface area contributed by atoms with Crippen LogP contribution < -0.4 is 0 Å². The molecule has 0 aliphatic heterocycles. The molecule has 0 aromatic carbocycles. The Morgan fingerprint density at radius 2 is 1.42 bits per heavy atom. The molecule has 0 spiro atoms. The SMILES string of the molecule is O=C(O)C12CCC(O)(CC1)CC2. The number of aliphatic hydroxyl groups is 1. The van der Waals surface area contributed by atoms with Crippen molar-refractivity contribution in [3.05, 3.63) is 0 Å². The van der Waals surface area contributed by atoms with Crippen LogP contribution in [0.3, 0.4) is 0 Å². The second kappa shape index (κ2) is 2.22. The zero-order chi connectivity index (χ0) is 8.82. The maximum Gasteiger partial charge on any atom is 0.309 e. The Bertz CT molecular complexity index is 197. The molecule has 3 saturated carbocycles. The molecular weight excluding hydrogens is 156 g/mol. The normalized spacial score (nSPS) is 46.1. The average molecular weight is 170 g/mol. The molecule has 3 heteroatoms. The van der Waals surface area contributed by atoms with Gasteiger partial charge in [0, 0.05) is 0 Å². The molecule has 3 nitrogen and oxygen atoms in total. The predicted octanol–water partition coefficient (Wildman–Crippen LogP) is 1.16. The lowest BCUT2D eigenvalue weighted by Gasteiger charge is -2.48. The first-order chi connectivity index (χ1) is 5.56. The third kappa shape index (κ3) is 0.959. The molecule has 3 fully saturated rings. The largest absolute Gasteiger partial charge is 0.481 e. The molecule has 3 aliphatic rings. The highest BCUT2D eigenvalue weighted by Gasteiger charge is 2.51. The highest BCUT2D eigenvalue weighted by atomic mass is 16.4. The highest BCUT2D eigenvalue weighted by Crippen LogP contribution is 2.52. The van der Waals surface area contributed by atoms with Crippen LogP contribution in [0.15, 0.2) is 0 Å². The van der Waals surface area contributed by atoms with Gasteiger partial charge < -0.3 is 10.2 Å². The Balaban J connectivity index is 2.20. The molecule has 0 radical (unpaired) electrons. The summed E-state index contributed by atoms with van der Waals surface area (Å²) in [6.07, 6.45) is 4.04. The molecule has 0 aromatic rings. The predicted molar refractivity (Wildman–Crippen MR) is 42.7 cm³/mol. The molecule has 0 atom stereocenters. The summed E-state index contributed by atoms with van der Waals surface area (Å²) in [6.45, 7) is 0. The summed E-state index contributed by atoms with van der Waals surface area (Å²) in [5.41, 5.74) is -0.998. The number of carboxylic acid groups (broad SMARTS) is 1. The maximum atomic E-state index is 11.0. The Labute approximate surface area is 71.4 Å². The molecule has 68 valence electrons. The number of aliphatic carboxylic acids is 1. The van der Waals surface area contributed by atoms with Crippen molar-refractivity contribution in [2.45, 2.75) is 44.1 Å². The Morgan fingerprint density at radius 1 is 1.00 bits per heavy atom. The Kier molecular flexibility index (Phi) is 1.49. The van der Waals surface area contributed by atoms with Crippen LogP contribution in [0, 0.1) is 5.41 Å². The summed E-state index contributed by atoms with van der Waals surface area (Å²) in [7, 11) is 0. The van der Waals surface area contributed by atoms with Crippen LogP contribution in [0.5, 0.6) is 0 Å². The van der Waals surface area contributed by atoms with E-state index >= 15 is 0 Å². The van der Waals surface area contributed by atoms with E-state index < -0.39 is 17.0 Å². The summed E-state index contributed by atoms with van der Waals surface area (Å²) in [5.74, 6) is -0.663.